The van der Waals surface area contributed by atoms with E-state index in [0.717, 1.165) is 12.1 Å². The van der Waals surface area contributed by atoms with E-state index in [1.807, 2.05) is 0 Å². The third kappa shape index (κ3) is 3.51. The van der Waals surface area contributed by atoms with Crippen molar-refractivity contribution in [2.24, 2.45) is 0 Å². The number of carbonyl (C=O) groups is 2. The second kappa shape index (κ2) is 6.87. The average Bonchev–Trinajstić information content (AvgIpc) is 2.57. The van der Waals surface area contributed by atoms with Crippen molar-refractivity contribution in [2.45, 2.75) is 12.5 Å². The van der Waals surface area contributed by atoms with Gasteiger partial charge in [-0.3, -0.25) is 4.79 Å². The van der Waals surface area contributed by atoms with Gasteiger partial charge < -0.3 is 26.2 Å². The molecule has 0 aromatic heterocycles. The van der Waals surface area contributed by atoms with Crippen molar-refractivity contribution >= 4 is 23.4 Å². The minimum absolute atomic E-state index is 0.0566. The lowest BCUT2D eigenvalue weighted by Gasteiger charge is -2.27. The number of nitrogens with two attached hydrogens (primary N) is 1. The van der Waals surface area contributed by atoms with E-state index in [-0.39, 0.29) is 29.3 Å². The van der Waals surface area contributed by atoms with E-state index in [1.165, 1.54) is 18.2 Å². The molecule has 26 heavy (non-hydrogen) atoms. The van der Waals surface area contributed by atoms with Crippen molar-refractivity contribution in [3.63, 3.8) is 0 Å². The van der Waals surface area contributed by atoms with Crippen molar-refractivity contribution in [2.75, 3.05) is 17.7 Å². The summed E-state index contributed by atoms with van der Waals surface area (Å²) in [6, 6.07) is 5.28. The van der Waals surface area contributed by atoms with Crippen LogP contribution in [0.25, 0.3) is 0 Å². The summed E-state index contributed by atoms with van der Waals surface area (Å²) in [5.41, 5.74) is 6.63. The van der Waals surface area contributed by atoms with Crippen molar-refractivity contribution in [1.29, 1.82) is 0 Å². The predicted octanol–water partition coefficient (Wildman–Crippen LogP) is 2.89. The molecule has 3 rings (SSSR count). The van der Waals surface area contributed by atoms with Gasteiger partial charge in [-0.2, -0.15) is 0 Å². The number of hydrogen-bond acceptors (Lipinski definition) is 4. The first kappa shape index (κ1) is 17.5. The number of halogens is 2. The van der Waals surface area contributed by atoms with E-state index in [1.54, 1.807) is 0 Å². The summed E-state index contributed by atoms with van der Waals surface area (Å²) in [7, 11) is 0. The Morgan fingerprint density at radius 1 is 1.19 bits per heavy atom. The molecule has 0 aliphatic carbocycles. The number of anilines is 2. The van der Waals surface area contributed by atoms with E-state index in [4.69, 9.17) is 15.6 Å². The van der Waals surface area contributed by atoms with Gasteiger partial charge in [0.15, 0.2) is 11.6 Å². The molecule has 0 saturated heterocycles. The number of hydrogen-bond donors (Lipinski definition) is 4. The summed E-state index contributed by atoms with van der Waals surface area (Å²) in [6.45, 7) is 0.202. The number of ether oxygens (including phenoxy) is 1. The second-order valence-electron chi connectivity index (χ2n) is 5.71. The van der Waals surface area contributed by atoms with Crippen molar-refractivity contribution in [3.05, 3.63) is 53.1 Å². The number of carbonyl (C=O) groups excluding carboxylic acids is 1. The van der Waals surface area contributed by atoms with E-state index < -0.39 is 29.7 Å². The normalized spacial score (nSPS) is 15.5. The smallest absolute Gasteiger partial charge is 0.405 e. The van der Waals surface area contributed by atoms with Crippen LogP contribution < -0.4 is 21.1 Å². The highest BCUT2D eigenvalue weighted by Crippen LogP contribution is 2.37. The van der Waals surface area contributed by atoms with Crippen LogP contribution in [0, 0.1) is 11.6 Å². The highest BCUT2D eigenvalue weighted by atomic mass is 19.2. The van der Waals surface area contributed by atoms with Gasteiger partial charge in [0.2, 0.25) is 0 Å². The molecule has 2 amide bonds. The fourth-order valence-electron chi connectivity index (χ4n) is 2.77. The molecule has 0 bridgehead atoms. The lowest BCUT2D eigenvalue weighted by atomic mass is 9.96. The first-order valence-corrected chi connectivity index (χ1v) is 7.67. The van der Waals surface area contributed by atoms with Gasteiger partial charge in [0, 0.05) is 29.4 Å². The van der Waals surface area contributed by atoms with Gasteiger partial charge in [0.05, 0.1) is 18.2 Å². The summed E-state index contributed by atoms with van der Waals surface area (Å²) in [6.07, 6.45) is -0.828. The predicted molar refractivity (Wildman–Crippen MR) is 89.2 cm³/mol. The van der Waals surface area contributed by atoms with Crippen molar-refractivity contribution < 1.29 is 28.2 Å². The number of nitrogen functional groups attached to an aromatic ring is 1. The summed E-state index contributed by atoms with van der Waals surface area (Å²) in [4.78, 5) is 23.5. The third-order valence-electron chi connectivity index (χ3n) is 3.89. The minimum Gasteiger partial charge on any atom is -0.492 e. The molecule has 1 atom stereocenters. The Balaban J connectivity index is 1.94. The zero-order chi connectivity index (χ0) is 18.8. The topological polar surface area (TPSA) is 114 Å². The van der Waals surface area contributed by atoms with Gasteiger partial charge in [-0.1, -0.05) is 0 Å². The van der Waals surface area contributed by atoms with Crippen LogP contribution in [0.3, 0.4) is 0 Å². The molecule has 136 valence electrons. The van der Waals surface area contributed by atoms with Crippen LogP contribution in [0.2, 0.25) is 0 Å². The van der Waals surface area contributed by atoms with Crippen molar-refractivity contribution in [1.82, 2.24) is 5.32 Å². The van der Waals surface area contributed by atoms with Gasteiger partial charge in [-0.05, 0) is 24.3 Å². The lowest BCUT2D eigenvalue weighted by molar-refractivity contribution is 0.102. The van der Waals surface area contributed by atoms with Gasteiger partial charge in [-0.15, -0.1) is 0 Å². The Bertz CT molecular complexity index is 889. The third-order valence-corrected chi connectivity index (χ3v) is 3.89. The Labute approximate surface area is 146 Å². The molecule has 0 radical (unpaired) electrons. The van der Waals surface area contributed by atoms with Crippen LogP contribution in [-0.4, -0.2) is 23.7 Å². The first-order chi connectivity index (χ1) is 12.3. The average molecular weight is 363 g/mol. The summed E-state index contributed by atoms with van der Waals surface area (Å²) in [5.74, 6) is -2.57. The number of fused-ring (bicyclic) bond motifs is 1. The summed E-state index contributed by atoms with van der Waals surface area (Å²) in [5, 5.41) is 13.7. The van der Waals surface area contributed by atoms with Crippen LogP contribution in [0.5, 0.6) is 5.75 Å². The van der Waals surface area contributed by atoms with E-state index in [9.17, 15) is 18.4 Å². The highest BCUT2D eigenvalue weighted by Gasteiger charge is 2.28. The molecule has 5 N–H and O–H groups in total. The summed E-state index contributed by atoms with van der Waals surface area (Å²) < 4.78 is 31.9. The second-order valence-corrected chi connectivity index (χ2v) is 5.71. The SMILES string of the molecule is Nc1cc(C(=O)Nc2ccc(F)c(F)c2)c2c(c1)C(NC(=O)O)CCO2. The number of amides is 2. The fraction of sp³-hybridized carbons (Fsp3) is 0.176. The Hall–Kier alpha value is -3.36. The zero-order valence-corrected chi connectivity index (χ0v) is 13.4. The molecule has 9 heteroatoms. The standard InChI is InChI=1S/C17H15F2N3O4/c18-12-2-1-9(7-13(12)19)21-16(23)11-6-8(20)5-10-14(22-17(24)25)3-4-26-15(10)11/h1-2,5-7,14,22H,3-4,20H2,(H,21,23)(H,24,25). The van der Waals surface area contributed by atoms with Crippen molar-refractivity contribution in [3.8, 4) is 5.75 Å². The maximum Gasteiger partial charge on any atom is 0.405 e. The number of benzene rings is 2. The minimum atomic E-state index is -1.21. The molecular weight excluding hydrogens is 348 g/mol. The lowest BCUT2D eigenvalue weighted by Crippen LogP contribution is -2.32. The van der Waals surface area contributed by atoms with Gasteiger partial charge in [0.1, 0.15) is 5.75 Å². The maximum absolute atomic E-state index is 13.3. The van der Waals surface area contributed by atoms with Crippen LogP contribution in [0.15, 0.2) is 30.3 Å². The van der Waals surface area contributed by atoms with Crippen LogP contribution >= 0.6 is 0 Å². The van der Waals surface area contributed by atoms with Crippen LogP contribution in [0.1, 0.15) is 28.4 Å². The van der Waals surface area contributed by atoms with E-state index in [0.29, 0.717) is 12.0 Å². The molecule has 1 heterocycles. The monoisotopic (exact) mass is 363 g/mol. The molecule has 1 unspecified atom stereocenters. The molecule has 7 nitrogen and oxygen atoms in total. The molecule has 2 aromatic rings. The zero-order valence-electron chi connectivity index (χ0n) is 13.4. The number of rotatable bonds is 3. The quantitative estimate of drug-likeness (QED) is 0.626. The number of nitrogens with one attached hydrogen (secondary N) is 2. The molecule has 2 aromatic carbocycles. The Morgan fingerprint density at radius 2 is 1.96 bits per heavy atom. The van der Waals surface area contributed by atoms with Gasteiger partial charge >= 0.3 is 6.09 Å². The van der Waals surface area contributed by atoms with E-state index >= 15 is 0 Å². The van der Waals surface area contributed by atoms with Gasteiger partial charge in [0.25, 0.3) is 5.91 Å². The van der Waals surface area contributed by atoms with E-state index in [2.05, 4.69) is 10.6 Å². The summed E-state index contributed by atoms with van der Waals surface area (Å²) >= 11 is 0. The maximum atomic E-state index is 13.3. The number of carboxylic acid groups (broad SMARTS) is 1. The molecule has 0 spiro atoms. The highest BCUT2D eigenvalue weighted by molar-refractivity contribution is 6.07. The molecule has 0 fully saturated rings. The Kier molecular flexibility index (Phi) is 4.61. The fourth-order valence-corrected chi connectivity index (χ4v) is 2.77. The molecule has 1 aliphatic heterocycles. The molecule has 0 saturated carbocycles. The first-order valence-electron chi connectivity index (χ1n) is 7.67. The van der Waals surface area contributed by atoms with Gasteiger partial charge in [-0.25, -0.2) is 13.6 Å². The molecular formula is C17H15F2N3O4. The van der Waals surface area contributed by atoms with Crippen LogP contribution in [0.4, 0.5) is 25.0 Å². The van der Waals surface area contributed by atoms with Crippen LogP contribution in [-0.2, 0) is 0 Å². The molecule has 1 aliphatic rings. The largest absolute Gasteiger partial charge is 0.492 e. The Morgan fingerprint density at radius 3 is 2.65 bits per heavy atom.